The van der Waals surface area contributed by atoms with E-state index in [0.717, 1.165) is 11.8 Å². The lowest BCUT2D eigenvalue weighted by molar-refractivity contribution is 0.490. The molecule has 0 heterocycles. The second kappa shape index (κ2) is 12.9. The fourth-order valence-corrected chi connectivity index (χ4v) is 6.28. The Balaban J connectivity index is 3.15. The summed E-state index contributed by atoms with van der Waals surface area (Å²) in [4.78, 5) is 1.96. The molecule has 180 valence electrons. The summed E-state index contributed by atoms with van der Waals surface area (Å²) in [6.07, 6.45) is 7.61. The molecular formula is C22H34FN3O4S2. The molecule has 1 rings (SSSR count). The van der Waals surface area contributed by atoms with E-state index in [1.165, 1.54) is 12.1 Å². The fourth-order valence-electron chi connectivity index (χ4n) is 3.00. The first-order chi connectivity index (χ1) is 15.0. The molecule has 1 aromatic carbocycles. The third-order valence-corrected chi connectivity index (χ3v) is 8.69. The van der Waals surface area contributed by atoms with Crippen LogP contribution in [0.25, 0.3) is 0 Å². The van der Waals surface area contributed by atoms with E-state index in [4.69, 9.17) is 0 Å². The van der Waals surface area contributed by atoms with E-state index < -0.39 is 38.2 Å². The van der Waals surface area contributed by atoms with Crippen molar-refractivity contribution >= 4 is 25.7 Å². The quantitative estimate of drug-likeness (QED) is 0.406. The molecule has 1 N–H and O–H groups in total. The highest BCUT2D eigenvalue weighted by Crippen LogP contribution is 2.23. The standard InChI is InChI=1S/C22H34FN3O4S2/c1-6-9-10-19(7-2)13-16-32(29,30)26(31(5,27)28)18-20-11-12-21(17-22(20)23)25(8-3)15-14-24-4/h6-7,9-12,17,24H,1,8,13-16,18H2,2-5H3/b10-9-,19-7+. The van der Waals surface area contributed by atoms with Gasteiger partial charge in [0.1, 0.15) is 5.82 Å². The lowest BCUT2D eigenvalue weighted by Gasteiger charge is -2.24. The first kappa shape index (κ1) is 28.0. The number of nitrogens with zero attached hydrogens (tertiary/aromatic N) is 2. The molecular weight excluding hydrogens is 453 g/mol. The average Bonchev–Trinajstić information content (AvgIpc) is 2.72. The average molecular weight is 488 g/mol. The third-order valence-electron chi connectivity index (χ3n) is 4.86. The van der Waals surface area contributed by atoms with E-state index in [2.05, 4.69) is 11.9 Å². The number of sulfonamides is 2. The Morgan fingerprint density at radius 1 is 1.25 bits per heavy atom. The van der Waals surface area contributed by atoms with Crippen molar-refractivity contribution in [2.75, 3.05) is 43.6 Å². The van der Waals surface area contributed by atoms with Gasteiger partial charge in [-0.15, -0.1) is 0 Å². The van der Waals surface area contributed by atoms with Gasteiger partial charge in [-0.2, -0.15) is 0 Å². The molecule has 1 aromatic rings. The lowest BCUT2D eigenvalue weighted by Crippen LogP contribution is -2.37. The maximum absolute atomic E-state index is 14.8. The molecule has 0 aliphatic rings. The molecule has 0 bridgehead atoms. The van der Waals surface area contributed by atoms with Crippen LogP contribution < -0.4 is 10.2 Å². The van der Waals surface area contributed by atoms with Gasteiger partial charge in [0.2, 0.25) is 20.0 Å². The molecule has 0 atom stereocenters. The highest BCUT2D eigenvalue weighted by atomic mass is 32.3. The summed E-state index contributed by atoms with van der Waals surface area (Å²) in [7, 11) is -6.53. The van der Waals surface area contributed by atoms with E-state index in [1.54, 1.807) is 37.3 Å². The molecule has 32 heavy (non-hydrogen) atoms. The molecule has 0 unspecified atom stereocenters. The monoisotopic (exact) mass is 487 g/mol. The van der Waals surface area contributed by atoms with Crippen LogP contribution in [0.1, 0.15) is 25.8 Å². The molecule has 7 nitrogen and oxygen atoms in total. The zero-order valence-electron chi connectivity index (χ0n) is 19.2. The van der Waals surface area contributed by atoms with Crippen LogP contribution in [0.15, 0.2) is 54.7 Å². The molecule has 0 radical (unpaired) electrons. The number of allylic oxidation sites excluding steroid dienone is 5. The molecule has 0 aromatic heterocycles. The maximum atomic E-state index is 14.8. The second-order valence-corrected chi connectivity index (χ2v) is 11.3. The molecule has 0 spiro atoms. The van der Waals surface area contributed by atoms with Gasteiger partial charge in [-0.1, -0.05) is 46.2 Å². The van der Waals surface area contributed by atoms with Gasteiger partial charge in [-0.3, -0.25) is 0 Å². The van der Waals surface area contributed by atoms with Gasteiger partial charge in [0, 0.05) is 30.9 Å². The van der Waals surface area contributed by atoms with Gasteiger partial charge >= 0.3 is 0 Å². The van der Waals surface area contributed by atoms with Gasteiger partial charge in [-0.25, -0.2) is 21.2 Å². The number of nitrogens with one attached hydrogen (secondary N) is 1. The van der Waals surface area contributed by atoms with Crippen molar-refractivity contribution in [1.29, 1.82) is 0 Å². The minimum Gasteiger partial charge on any atom is -0.370 e. The van der Waals surface area contributed by atoms with Crippen molar-refractivity contribution in [2.24, 2.45) is 0 Å². The molecule has 0 amide bonds. The van der Waals surface area contributed by atoms with Crippen molar-refractivity contribution in [2.45, 2.75) is 26.8 Å². The van der Waals surface area contributed by atoms with E-state index >= 15 is 0 Å². The first-order valence-electron chi connectivity index (χ1n) is 10.3. The van der Waals surface area contributed by atoms with Crippen molar-refractivity contribution in [1.82, 2.24) is 9.03 Å². The van der Waals surface area contributed by atoms with Crippen LogP contribution in [-0.2, 0) is 26.6 Å². The fraction of sp³-hybridized carbons (Fsp3) is 0.455. The summed E-state index contributed by atoms with van der Waals surface area (Å²) in [6, 6.07) is 4.41. The molecule has 0 aliphatic carbocycles. The summed E-state index contributed by atoms with van der Waals surface area (Å²) >= 11 is 0. The zero-order chi connectivity index (χ0) is 24.4. The van der Waals surface area contributed by atoms with Gasteiger partial charge < -0.3 is 10.2 Å². The molecule has 0 aliphatic heterocycles. The number of rotatable bonds is 14. The van der Waals surface area contributed by atoms with E-state index in [1.807, 2.05) is 18.9 Å². The number of hydrogen-bond donors (Lipinski definition) is 1. The van der Waals surface area contributed by atoms with Crippen LogP contribution >= 0.6 is 0 Å². The number of likely N-dealkylation sites (N-methyl/N-ethyl adjacent to an activating group) is 2. The van der Waals surface area contributed by atoms with Crippen LogP contribution in [-0.4, -0.2) is 59.2 Å². The first-order valence-corrected chi connectivity index (χ1v) is 13.8. The van der Waals surface area contributed by atoms with Gasteiger partial charge in [-0.05, 0) is 39.4 Å². The van der Waals surface area contributed by atoms with E-state index in [0.29, 0.717) is 29.0 Å². The molecule has 0 saturated carbocycles. The Kier molecular flexibility index (Phi) is 11.3. The highest BCUT2D eigenvalue weighted by molar-refractivity contribution is 8.03. The molecule has 10 heteroatoms. The van der Waals surface area contributed by atoms with Crippen LogP contribution in [0.2, 0.25) is 0 Å². The Labute approximate surface area is 192 Å². The van der Waals surface area contributed by atoms with Crippen LogP contribution in [0.3, 0.4) is 0 Å². The van der Waals surface area contributed by atoms with Crippen molar-refractivity contribution < 1.29 is 21.2 Å². The Bertz CT molecular complexity index is 1040. The molecule has 0 saturated heterocycles. The number of benzene rings is 1. The summed E-state index contributed by atoms with van der Waals surface area (Å²) in [5.74, 6) is -1.08. The lowest BCUT2D eigenvalue weighted by atomic mass is 10.2. The van der Waals surface area contributed by atoms with Crippen molar-refractivity contribution in [3.05, 3.63) is 66.0 Å². The zero-order valence-corrected chi connectivity index (χ0v) is 20.8. The van der Waals surface area contributed by atoms with E-state index in [-0.39, 0.29) is 12.0 Å². The topological polar surface area (TPSA) is 86.8 Å². The summed E-state index contributed by atoms with van der Waals surface area (Å²) in [6.45, 7) is 8.73. The maximum Gasteiger partial charge on any atom is 0.227 e. The van der Waals surface area contributed by atoms with Gasteiger partial charge in [0.05, 0.1) is 18.6 Å². The number of hydrogen-bond acceptors (Lipinski definition) is 6. The predicted octanol–water partition coefficient (Wildman–Crippen LogP) is 3.04. The Morgan fingerprint density at radius 3 is 2.44 bits per heavy atom. The number of halogens is 1. The van der Waals surface area contributed by atoms with Crippen LogP contribution in [0.5, 0.6) is 0 Å². The highest BCUT2D eigenvalue weighted by Gasteiger charge is 2.31. The van der Waals surface area contributed by atoms with Crippen molar-refractivity contribution in [3.63, 3.8) is 0 Å². The summed E-state index contributed by atoms with van der Waals surface area (Å²) in [5.41, 5.74) is 1.36. The predicted molar refractivity (Wildman–Crippen MR) is 130 cm³/mol. The smallest absolute Gasteiger partial charge is 0.227 e. The Hall–Kier alpha value is -2.01. The summed E-state index contributed by atoms with van der Waals surface area (Å²) < 4.78 is 65.5. The van der Waals surface area contributed by atoms with Crippen LogP contribution in [0, 0.1) is 5.82 Å². The summed E-state index contributed by atoms with van der Waals surface area (Å²) in [5, 5.41) is 3.03. The van der Waals surface area contributed by atoms with E-state index in [9.17, 15) is 21.2 Å². The van der Waals surface area contributed by atoms with Crippen LogP contribution in [0.4, 0.5) is 10.1 Å². The largest absolute Gasteiger partial charge is 0.370 e. The minimum atomic E-state index is -4.21. The Morgan fingerprint density at radius 2 is 1.94 bits per heavy atom. The minimum absolute atomic E-state index is 0.00905. The normalized spacial score (nSPS) is 13.1. The van der Waals surface area contributed by atoms with Crippen molar-refractivity contribution in [3.8, 4) is 0 Å². The SMILES string of the molecule is C=C/C=C\C(=C/C)CCS(=O)(=O)N(Cc1ccc(N(CC)CCNC)cc1F)S(C)(=O)=O. The molecule has 0 fully saturated rings. The van der Waals surface area contributed by atoms with Gasteiger partial charge in [0.25, 0.3) is 0 Å². The third kappa shape index (κ3) is 8.50. The number of anilines is 1. The van der Waals surface area contributed by atoms with Gasteiger partial charge in [0.15, 0.2) is 0 Å². The second-order valence-electron chi connectivity index (χ2n) is 7.18.